The van der Waals surface area contributed by atoms with E-state index in [-0.39, 0.29) is 0 Å². The van der Waals surface area contributed by atoms with Gasteiger partial charge in [0.25, 0.3) is 0 Å². The fraction of sp³-hybridized carbons (Fsp3) is 0.0833. The summed E-state index contributed by atoms with van der Waals surface area (Å²) in [6.45, 7) is 3.30. The van der Waals surface area contributed by atoms with Gasteiger partial charge in [0.15, 0.2) is 0 Å². The first-order valence-electron chi connectivity index (χ1n) is 4.77. The van der Waals surface area contributed by atoms with Crippen molar-refractivity contribution in [2.75, 3.05) is 16.8 Å². The second-order valence-electron chi connectivity index (χ2n) is 3.46. The molecular formula is C12H10N2S. The Hall–Kier alpha value is -1.48. The highest BCUT2D eigenvalue weighted by molar-refractivity contribution is 7.08. The van der Waals surface area contributed by atoms with E-state index in [2.05, 4.69) is 46.6 Å². The Kier molecular flexibility index (Phi) is 1.92. The Morgan fingerprint density at radius 1 is 1.13 bits per heavy atom. The molecule has 1 aliphatic rings. The van der Waals surface area contributed by atoms with Gasteiger partial charge in [0.05, 0.1) is 17.1 Å². The van der Waals surface area contributed by atoms with Crippen LogP contribution in [0, 0.1) is 6.67 Å². The molecule has 0 saturated heterocycles. The van der Waals surface area contributed by atoms with Gasteiger partial charge < -0.3 is 9.80 Å². The van der Waals surface area contributed by atoms with Crippen molar-refractivity contribution in [2.24, 2.45) is 0 Å². The van der Waals surface area contributed by atoms with Crippen LogP contribution in [0.25, 0.3) is 0 Å². The Labute approximate surface area is 93.4 Å². The highest BCUT2D eigenvalue weighted by Gasteiger charge is 2.25. The van der Waals surface area contributed by atoms with Crippen LogP contribution in [0.15, 0.2) is 41.1 Å². The van der Waals surface area contributed by atoms with Crippen molar-refractivity contribution >= 4 is 28.4 Å². The van der Waals surface area contributed by atoms with Gasteiger partial charge in [-0.3, -0.25) is 0 Å². The quantitative estimate of drug-likeness (QED) is 0.718. The van der Waals surface area contributed by atoms with Crippen LogP contribution in [-0.2, 0) is 0 Å². The summed E-state index contributed by atoms with van der Waals surface area (Å²) in [5.41, 5.74) is 3.57. The van der Waals surface area contributed by atoms with Crippen LogP contribution in [0.5, 0.6) is 0 Å². The largest absolute Gasteiger partial charge is 0.342 e. The van der Waals surface area contributed by atoms with Crippen LogP contribution in [0.2, 0.25) is 0 Å². The number of rotatable bonds is 1. The van der Waals surface area contributed by atoms with Crippen LogP contribution in [0.3, 0.4) is 0 Å². The highest BCUT2D eigenvalue weighted by atomic mass is 32.1. The van der Waals surface area contributed by atoms with Gasteiger partial charge in [0.1, 0.15) is 0 Å². The monoisotopic (exact) mass is 214 g/mol. The minimum absolute atomic E-state index is 1.18. The number of fused-ring (bicyclic) bond motifs is 1. The molecule has 1 aromatic carbocycles. The molecule has 0 saturated carbocycles. The molecule has 0 aliphatic carbocycles. The second kappa shape index (κ2) is 3.28. The van der Waals surface area contributed by atoms with Gasteiger partial charge in [0, 0.05) is 12.4 Å². The number of anilines is 3. The Morgan fingerprint density at radius 2 is 1.93 bits per heavy atom. The van der Waals surface area contributed by atoms with Crippen molar-refractivity contribution in [3.8, 4) is 0 Å². The fourth-order valence-corrected chi connectivity index (χ4v) is 2.40. The summed E-state index contributed by atoms with van der Waals surface area (Å²) in [6, 6.07) is 10.4. The Bertz CT molecular complexity index is 464. The zero-order valence-electron chi connectivity index (χ0n) is 8.34. The van der Waals surface area contributed by atoms with E-state index in [4.69, 9.17) is 0 Å². The molecule has 1 aromatic heterocycles. The summed E-state index contributed by atoms with van der Waals surface area (Å²) in [6.07, 6.45) is 0. The predicted molar refractivity (Wildman–Crippen MR) is 64.5 cm³/mol. The molecular weight excluding hydrogens is 204 g/mol. The Balaban J connectivity index is 2.09. The third kappa shape index (κ3) is 1.31. The first kappa shape index (κ1) is 8.80. The van der Waals surface area contributed by atoms with E-state index < -0.39 is 0 Å². The van der Waals surface area contributed by atoms with Crippen molar-refractivity contribution in [2.45, 2.75) is 0 Å². The number of hydrogen-bond acceptors (Lipinski definition) is 3. The van der Waals surface area contributed by atoms with Crippen molar-refractivity contribution in [3.63, 3.8) is 0 Å². The predicted octanol–water partition coefficient (Wildman–Crippen LogP) is 3.33. The van der Waals surface area contributed by atoms with Gasteiger partial charge in [0.2, 0.25) is 6.67 Å². The lowest BCUT2D eigenvalue weighted by atomic mass is 10.2. The standard InChI is InChI=1S/C12H10N2S/c1-13-9-14(10-6-7-15-8-10)12-5-3-2-4-11(12)13/h2-8H,1H3. The van der Waals surface area contributed by atoms with Crippen molar-refractivity contribution in [3.05, 3.63) is 47.8 Å². The van der Waals surface area contributed by atoms with Gasteiger partial charge in [-0.25, -0.2) is 0 Å². The fourth-order valence-electron chi connectivity index (χ4n) is 1.78. The molecule has 0 atom stereocenters. The molecule has 2 aromatic rings. The van der Waals surface area contributed by atoms with Gasteiger partial charge in [-0.05, 0) is 23.6 Å². The number of para-hydroxylation sites is 2. The van der Waals surface area contributed by atoms with Gasteiger partial charge in [-0.2, -0.15) is 11.3 Å². The van der Waals surface area contributed by atoms with Crippen molar-refractivity contribution in [1.29, 1.82) is 0 Å². The lowest BCUT2D eigenvalue weighted by molar-refractivity contribution is 1.08. The molecule has 0 fully saturated rings. The molecule has 0 bridgehead atoms. The molecule has 74 valence electrons. The van der Waals surface area contributed by atoms with E-state index >= 15 is 0 Å². The molecule has 2 heterocycles. The smallest absolute Gasteiger partial charge is 0.213 e. The van der Waals surface area contributed by atoms with Crippen LogP contribution in [0.1, 0.15) is 0 Å². The molecule has 0 N–H and O–H groups in total. The van der Waals surface area contributed by atoms with E-state index in [0.717, 1.165) is 0 Å². The number of thiophene rings is 1. The maximum absolute atomic E-state index is 3.30. The molecule has 0 amide bonds. The molecule has 0 unspecified atom stereocenters. The number of benzene rings is 1. The topological polar surface area (TPSA) is 6.48 Å². The van der Waals surface area contributed by atoms with Crippen LogP contribution in [-0.4, -0.2) is 7.05 Å². The third-order valence-electron chi connectivity index (χ3n) is 2.50. The first-order chi connectivity index (χ1) is 7.36. The van der Waals surface area contributed by atoms with Crippen LogP contribution in [0.4, 0.5) is 17.1 Å². The lowest BCUT2D eigenvalue weighted by Crippen LogP contribution is -2.16. The average Bonchev–Trinajstić information content (AvgIpc) is 2.87. The van der Waals surface area contributed by atoms with E-state index in [9.17, 15) is 0 Å². The zero-order chi connectivity index (χ0) is 10.3. The zero-order valence-corrected chi connectivity index (χ0v) is 9.16. The van der Waals surface area contributed by atoms with E-state index in [1.54, 1.807) is 11.3 Å². The third-order valence-corrected chi connectivity index (χ3v) is 3.17. The van der Waals surface area contributed by atoms with Crippen molar-refractivity contribution in [1.82, 2.24) is 0 Å². The highest BCUT2D eigenvalue weighted by Crippen LogP contribution is 2.41. The summed E-state index contributed by atoms with van der Waals surface area (Å²) >= 11 is 1.70. The van der Waals surface area contributed by atoms with E-state index in [0.29, 0.717) is 0 Å². The molecule has 3 rings (SSSR count). The van der Waals surface area contributed by atoms with E-state index in [1.807, 2.05) is 18.0 Å². The molecule has 15 heavy (non-hydrogen) atoms. The minimum Gasteiger partial charge on any atom is -0.342 e. The lowest BCUT2D eigenvalue weighted by Gasteiger charge is -2.14. The summed E-state index contributed by atoms with van der Waals surface area (Å²) in [4.78, 5) is 4.11. The molecule has 2 radical (unpaired) electrons. The molecule has 2 nitrogen and oxygen atoms in total. The maximum Gasteiger partial charge on any atom is 0.213 e. The Morgan fingerprint density at radius 3 is 2.67 bits per heavy atom. The molecule has 3 heteroatoms. The first-order valence-corrected chi connectivity index (χ1v) is 5.72. The molecule has 0 spiro atoms. The summed E-state index contributed by atoms with van der Waals surface area (Å²) in [5, 5.41) is 4.21. The summed E-state index contributed by atoms with van der Waals surface area (Å²) in [5.74, 6) is 0. The SMILES string of the molecule is CN1[C]N(c2ccsc2)c2ccccc21. The molecule has 1 aliphatic heterocycles. The van der Waals surface area contributed by atoms with Crippen molar-refractivity contribution < 1.29 is 0 Å². The second-order valence-corrected chi connectivity index (χ2v) is 4.24. The summed E-state index contributed by atoms with van der Waals surface area (Å²) in [7, 11) is 2.02. The number of hydrogen-bond donors (Lipinski definition) is 0. The van der Waals surface area contributed by atoms with Gasteiger partial charge >= 0.3 is 0 Å². The van der Waals surface area contributed by atoms with Gasteiger partial charge in [-0.1, -0.05) is 12.1 Å². The summed E-state index contributed by atoms with van der Waals surface area (Å²) < 4.78 is 0. The van der Waals surface area contributed by atoms with Crippen LogP contribution < -0.4 is 9.80 Å². The minimum atomic E-state index is 1.18. The van der Waals surface area contributed by atoms with Gasteiger partial charge in [-0.15, -0.1) is 0 Å². The number of nitrogens with zero attached hydrogens (tertiary/aromatic N) is 2. The normalized spacial score (nSPS) is 14.5. The average molecular weight is 214 g/mol. The van der Waals surface area contributed by atoms with Crippen LogP contribution >= 0.6 is 11.3 Å². The van der Waals surface area contributed by atoms with E-state index in [1.165, 1.54) is 17.1 Å². The maximum atomic E-state index is 3.30.